The molecule has 1 aliphatic heterocycles. The van der Waals surface area contributed by atoms with Crippen LogP contribution in [-0.2, 0) is 22.6 Å². The standard InChI is InChI=1S/C29H31N3O2/c1-30-17-19-31(20-18-30)29(34)22-26-13-8-14-27(21-26)32(23-25-11-6-3-7-12-25)28(33)16-15-24-9-4-2-5-10-24/h2-16,21H,17-20,22-23H2,1H3/b16-15+. The van der Waals surface area contributed by atoms with Crippen molar-refractivity contribution in [2.24, 2.45) is 0 Å². The van der Waals surface area contributed by atoms with Crippen molar-refractivity contribution in [1.29, 1.82) is 0 Å². The van der Waals surface area contributed by atoms with E-state index in [-0.39, 0.29) is 11.8 Å². The minimum atomic E-state index is -0.102. The summed E-state index contributed by atoms with van der Waals surface area (Å²) in [6, 6.07) is 27.5. The van der Waals surface area contributed by atoms with E-state index in [0.717, 1.165) is 48.6 Å². The molecule has 4 rings (SSSR count). The summed E-state index contributed by atoms with van der Waals surface area (Å²) in [7, 11) is 2.08. The van der Waals surface area contributed by atoms with Crippen LogP contribution < -0.4 is 4.90 Å². The molecular weight excluding hydrogens is 422 g/mol. The average molecular weight is 454 g/mol. The molecule has 0 saturated carbocycles. The highest BCUT2D eigenvalue weighted by atomic mass is 16.2. The monoisotopic (exact) mass is 453 g/mol. The third kappa shape index (κ3) is 6.42. The van der Waals surface area contributed by atoms with E-state index < -0.39 is 0 Å². The van der Waals surface area contributed by atoms with Gasteiger partial charge in [0.05, 0.1) is 13.0 Å². The molecule has 5 nitrogen and oxygen atoms in total. The molecule has 174 valence electrons. The highest BCUT2D eigenvalue weighted by Crippen LogP contribution is 2.21. The number of benzene rings is 3. The van der Waals surface area contributed by atoms with Crippen LogP contribution in [0.2, 0.25) is 0 Å². The molecule has 1 fully saturated rings. The molecular formula is C29H31N3O2. The molecule has 3 aromatic rings. The van der Waals surface area contributed by atoms with Gasteiger partial charge in [0.2, 0.25) is 5.91 Å². The van der Waals surface area contributed by atoms with Crippen LogP contribution in [0.3, 0.4) is 0 Å². The maximum atomic E-state index is 13.3. The number of hydrogen-bond acceptors (Lipinski definition) is 3. The predicted octanol–water partition coefficient (Wildman–Crippen LogP) is 4.25. The zero-order valence-electron chi connectivity index (χ0n) is 19.6. The van der Waals surface area contributed by atoms with Crippen LogP contribution in [0.5, 0.6) is 0 Å². The summed E-state index contributed by atoms with van der Waals surface area (Å²) in [5, 5.41) is 0. The van der Waals surface area contributed by atoms with Crippen LogP contribution in [0, 0.1) is 0 Å². The van der Waals surface area contributed by atoms with Gasteiger partial charge < -0.3 is 14.7 Å². The molecule has 3 aromatic carbocycles. The lowest BCUT2D eigenvalue weighted by atomic mass is 10.1. The van der Waals surface area contributed by atoms with Crippen LogP contribution >= 0.6 is 0 Å². The number of nitrogens with zero attached hydrogens (tertiary/aromatic N) is 3. The van der Waals surface area contributed by atoms with Crippen LogP contribution in [0.4, 0.5) is 5.69 Å². The third-order valence-electron chi connectivity index (χ3n) is 6.10. The first-order chi connectivity index (χ1) is 16.6. The molecule has 0 spiro atoms. The van der Waals surface area contributed by atoms with Crippen LogP contribution in [0.15, 0.2) is 91.0 Å². The van der Waals surface area contributed by atoms with E-state index in [2.05, 4.69) is 11.9 Å². The van der Waals surface area contributed by atoms with Gasteiger partial charge in [-0.1, -0.05) is 72.8 Å². The van der Waals surface area contributed by atoms with Gasteiger partial charge in [0.25, 0.3) is 5.91 Å². The molecule has 2 amide bonds. The lowest BCUT2D eigenvalue weighted by molar-refractivity contribution is -0.132. The summed E-state index contributed by atoms with van der Waals surface area (Å²) < 4.78 is 0. The van der Waals surface area contributed by atoms with Crippen LogP contribution in [-0.4, -0.2) is 54.8 Å². The van der Waals surface area contributed by atoms with Crippen molar-refractivity contribution in [3.63, 3.8) is 0 Å². The molecule has 0 N–H and O–H groups in total. The summed E-state index contributed by atoms with van der Waals surface area (Å²) >= 11 is 0. The Kier molecular flexibility index (Phi) is 7.89. The number of hydrogen-bond donors (Lipinski definition) is 0. The number of likely N-dealkylation sites (N-methyl/N-ethyl adjacent to an activating group) is 1. The van der Waals surface area contributed by atoms with Gasteiger partial charge in [-0.05, 0) is 41.9 Å². The molecule has 0 aliphatic carbocycles. The quantitative estimate of drug-likeness (QED) is 0.503. The SMILES string of the molecule is CN1CCN(C(=O)Cc2cccc(N(Cc3ccccc3)C(=O)/C=C/c3ccccc3)c2)CC1. The van der Waals surface area contributed by atoms with Crippen molar-refractivity contribution in [3.8, 4) is 0 Å². The van der Waals surface area contributed by atoms with E-state index in [1.165, 1.54) is 0 Å². The van der Waals surface area contributed by atoms with E-state index >= 15 is 0 Å². The second kappa shape index (κ2) is 11.4. The summed E-state index contributed by atoms with van der Waals surface area (Å²) in [5.74, 6) is 0.0328. The van der Waals surface area contributed by atoms with E-state index in [9.17, 15) is 9.59 Å². The molecule has 0 atom stereocenters. The van der Waals surface area contributed by atoms with E-state index in [1.807, 2.05) is 95.9 Å². The van der Waals surface area contributed by atoms with Gasteiger partial charge in [0, 0.05) is 37.9 Å². The molecule has 5 heteroatoms. The molecule has 34 heavy (non-hydrogen) atoms. The smallest absolute Gasteiger partial charge is 0.251 e. The maximum absolute atomic E-state index is 13.3. The molecule has 1 heterocycles. The van der Waals surface area contributed by atoms with Crippen molar-refractivity contribution >= 4 is 23.6 Å². The second-order valence-electron chi connectivity index (χ2n) is 8.68. The summed E-state index contributed by atoms with van der Waals surface area (Å²) in [4.78, 5) is 32.1. The van der Waals surface area contributed by atoms with Gasteiger partial charge in [-0.25, -0.2) is 0 Å². The lowest BCUT2D eigenvalue weighted by Gasteiger charge is -2.32. The van der Waals surface area contributed by atoms with Gasteiger partial charge in [0.1, 0.15) is 0 Å². The summed E-state index contributed by atoms with van der Waals surface area (Å²) in [5.41, 5.74) is 3.72. The highest BCUT2D eigenvalue weighted by Gasteiger charge is 2.20. The van der Waals surface area contributed by atoms with Gasteiger partial charge in [-0.3, -0.25) is 9.59 Å². The molecule has 0 bridgehead atoms. The number of rotatable bonds is 7. The Balaban J connectivity index is 1.54. The van der Waals surface area contributed by atoms with Crippen molar-refractivity contribution in [3.05, 3.63) is 108 Å². The summed E-state index contributed by atoms with van der Waals surface area (Å²) in [6.07, 6.45) is 3.78. The van der Waals surface area contributed by atoms with E-state index in [1.54, 1.807) is 11.0 Å². The molecule has 0 radical (unpaired) electrons. The Morgan fingerprint density at radius 3 is 2.18 bits per heavy atom. The summed E-state index contributed by atoms with van der Waals surface area (Å²) in [6.45, 7) is 3.78. The minimum Gasteiger partial charge on any atom is -0.340 e. The van der Waals surface area contributed by atoms with Gasteiger partial charge in [-0.15, -0.1) is 0 Å². The number of carbonyl (C=O) groups excluding carboxylic acids is 2. The van der Waals surface area contributed by atoms with E-state index in [4.69, 9.17) is 0 Å². The fourth-order valence-corrected chi connectivity index (χ4v) is 4.06. The fraction of sp³-hybridized carbons (Fsp3) is 0.241. The number of carbonyl (C=O) groups is 2. The fourth-order valence-electron chi connectivity index (χ4n) is 4.06. The number of amides is 2. The number of anilines is 1. The molecule has 0 aromatic heterocycles. The Morgan fingerprint density at radius 1 is 0.824 bits per heavy atom. The van der Waals surface area contributed by atoms with Gasteiger partial charge >= 0.3 is 0 Å². The Bertz CT molecular complexity index is 1120. The first kappa shape index (κ1) is 23.5. The van der Waals surface area contributed by atoms with Crippen molar-refractivity contribution < 1.29 is 9.59 Å². The topological polar surface area (TPSA) is 43.9 Å². The Hall–Kier alpha value is -3.70. The Morgan fingerprint density at radius 2 is 1.47 bits per heavy atom. The minimum absolute atomic E-state index is 0.102. The highest BCUT2D eigenvalue weighted by molar-refractivity contribution is 6.03. The van der Waals surface area contributed by atoms with Crippen LogP contribution in [0.1, 0.15) is 16.7 Å². The normalized spacial score (nSPS) is 14.3. The third-order valence-corrected chi connectivity index (χ3v) is 6.10. The van der Waals surface area contributed by atoms with E-state index in [0.29, 0.717) is 13.0 Å². The predicted molar refractivity (Wildman–Crippen MR) is 137 cm³/mol. The average Bonchev–Trinajstić information content (AvgIpc) is 2.87. The van der Waals surface area contributed by atoms with Gasteiger partial charge in [-0.2, -0.15) is 0 Å². The first-order valence-electron chi connectivity index (χ1n) is 11.7. The molecule has 0 unspecified atom stereocenters. The maximum Gasteiger partial charge on any atom is 0.251 e. The molecule has 1 saturated heterocycles. The van der Waals surface area contributed by atoms with Crippen molar-refractivity contribution in [2.45, 2.75) is 13.0 Å². The Labute approximate surface area is 201 Å². The van der Waals surface area contributed by atoms with Gasteiger partial charge in [0.15, 0.2) is 0 Å². The van der Waals surface area contributed by atoms with Crippen molar-refractivity contribution in [1.82, 2.24) is 9.80 Å². The second-order valence-corrected chi connectivity index (χ2v) is 8.68. The van der Waals surface area contributed by atoms with Crippen LogP contribution in [0.25, 0.3) is 6.08 Å². The number of piperazine rings is 1. The first-order valence-corrected chi connectivity index (χ1v) is 11.7. The largest absolute Gasteiger partial charge is 0.340 e. The molecule has 1 aliphatic rings. The van der Waals surface area contributed by atoms with Crippen molar-refractivity contribution in [2.75, 3.05) is 38.1 Å². The zero-order chi connectivity index (χ0) is 23.8. The zero-order valence-corrected chi connectivity index (χ0v) is 19.6. The lowest BCUT2D eigenvalue weighted by Crippen LogP contribution is -2.47.